The number of benzene rings is 2. The Morgan fingerprint density at radius 3 is 2.48 bits per heavy atom. The molecule has 1 heterocycles. The molecular weight excluding hydrogens is 286 g/mol. The fourth-order valence-electron chi connectivity index (χ4n) is 2.46. The molecule has 0 N–H and O–H groups in total. The Kier molecular flexibility index (Phi) is 4.11. The second kappa shape index (κ2) is 6.21. The third-order valence-corrected chi connectivity index (χ3v) is 3.79. The number of hydrogen-bond donors (Lipinski definition) is 0. The van der Waals surface area contributed by atoms with Crippen LogP contribution in [0.5, 0.6) is 0 Å². The number of carbonyl (C=O) groups is 1. The van der Waals surface area contributed by atoms with Gasteiger partial charge in [-0.1, -0.05) is 55.8 Å². The SMILES string of the molecule is Cc1cccc(/C=C2\N=C(c3ccc(C(C)C)cc3)OC2=O)c1. The second-order valence-electron chi connectivity index (χ2n) is 6.03. The Morgan fingerprint density at radius 2 is 1.83 bits per heavy atom. The highest BCUT2D eigenvalue weighted by Crippen LogP contribution is 2.21. The molecule has 0 aliphatic carbocycles. The number of hydrogen-bond acceptors (Lipinski definition) is 3. The van der Waals surface area contributed by atoms with E-state index in [4.69, 9.17) is 4.74 Å². The van der Waals surface area contributed by atoms with Crippen molar-refractivity contribution in [1.29, 1.82) is 0 Å². The highest BCUT2D eigenvalue weighted by Gasteiger charge is 2.24. The topological polar surface area (TPSA) is 38.7 Å². The number of carbonyl (C=O) groups excluding carboxylic acids is 1. The van der Waals surface area contributed by atoms with Gasteiger partial charge < -0.3 is 4.74 Å². The van der Waals surface area contributed by atoms with Crippen LogP contribution >= 0.6 is 0 Å². The van der Waals surface area contributed by atoms with Crippen LogP contribution in [0.25, 0.3) is 6.08 Å². The Morgan fingerprint density at radius 1 is 1.09 bits per heavy atom. The number of esters is 1. The summed E-state index contributed by atoms with van der Waals surface area (Å²) in [6, 6.07) is 15.9. The minimum atomic E-state index is -0.408. The van der Waals surface area contributed by atoms with Gasteiger partial charge in [0.1, 0.15) is 0 Å². The van der Waals surface area contributed by atoms with E-state index in [0.29, 0.717) is 17.5 Å². The van der Waals surface area contributed by atoms with Crippen molar-refractivity contribution in [3.8, 4) is 0 Å². The zero-order valence-electron chi connectivity index (χ0n) is 13.5. The number of aryl methyl sites for hydroxylation is 1. The molecule has 0 atom stereocenters. The number of aliphatic imine (C=N–C) groups is 1. The second-order valence-corrected chi connectivity index (χ2v) is 6.03. The molecule has 116 valence electrons. The van der Waals surface area contributed by atoms with Crippen LogP contribution in [0, 0.1) is 6.92 Å². The number of ether oxygens (including phenoxy) is 1. The molecular formula is C20H19NO2. The molecule has 3 nitrogen and oxygen atoms in total. The van der Waals surface area contributed by atoms with Gasteiger partial charge >= 0.3 is 5.97 Å². The van der Waals surface area contributed by atoms with E-state index in [2.05, 4.69) is 18.8 Å². The first-order valence-corrected chi connectivity index (χ1v) is 7.72. The lowest BCUT2D eigenvalue weighted by molar-refractivity contribution is -0.129. The van der Waals surface area contributed by atoms with Crippen LogP contribution < -0.4 is 0 Å². The molecule has 2 aromatic rings. The van der Waals surface area contributed by atoms with Gasteiger partial charge in [0.05, 0.1) is 0 Å². The number of cyclic esters (lactones) is 1. The van der Waals surface area contributed by atoms with Crippen molar-refractivity contribution in [2.24, 2.45) is 4.99 Å². The Labute approximate surface area is 136 Å². The first-order chi connectivity index (χ1) is 11.0. The van der Waals surface area contributed by atoms with Crippen molar-refractivity contribution in [2.75, 3.05) is 0 Å². The molecule has 0 amide bonds. The van der Waals surface area contributed by atoms with Crippen LogP contribution in [-0.2, 0) is 9.53 Å². The zero-order chi connectivity index (χ0) is 16.4. The molecule has 0 saturated heterocycles. The van der Waals surface area contributed by atoms with E-state index < -0.39 is 5.97 Å². The van der Waals surface area contributed by atoms with E-state index in [-0.39, 0.29) is 0 Å². The zero-order valence-corrected chi connectivity index (χ0v) is 13.5. The van der Waals surface area contributed by atoms with Crippen LogP contribution in [0.1, 0.15) is 42.0 Å². The van der Waals surface area contributed by atoms with Crippen molar-refractivity contribution in [3.63, 3.8) is 0 Å². The summed E-state index contributed by atoms with van der Waals surface area (Å²) < 4.78 is 5.31. The largest absolute Gasteiger partial charge is 0.402 e. The Balaban J connectivity index is 1.89. The van der Waals surface area contributed by atoms with Gasteiger partial charge in [0.25, 0.3) is 0 Å². The standard InChI is InChI=1S/C20H19NO2/c1-13(2)16-7-9-17(10-8-16)19-21-18(20(22)23-19)12-15-6-4-5-14(3)11-15/h4-13H,1-3H3/b18-12-. The minimum absolute atomic E-state index is 0.332. The minimum Gasteiger partial charge on any atom is -0.402 e. The molecule has 3 rings (SSSR count). The molecule has 0 unspecified atom stereocenters. The number of rotatable bonds is 3. The quantitative estimate of drug-likeness (QED) is 0.620. The lowest BCUT2D eigenvalue weighted by Gasteiger charge is -2.05. The van der Waals surface area contributed by atoms with Gasteiger partial charge in [-0.05, 0) is 42.2 Å². The molecule has 23 heavy (non-hydrogen) atoms. The van der Waals surface area contributed by atoms with Gasteiger partial charge in [0.15, 0.2) is 5.70 Å². The van der Waals surface area contributed by atoms with Crippen LogP contribution in [0.3, 0.4) is 0 Å². The van der Waals surface area contributed by atoms with Gasteiger partial charge in [-0.2, -0.15) is 0 Å². The molecule has 2 aromatic carbocycles. The maximum absolute atomic E-state index is 12.0. The monoisotopic (exact) mass is 305 g/mol. The van der Waals surface area contributed by atoms with E-state index in [1.54, 1.807) is 6.08 Å². The molecule has 1 aliphatic rings. The van der Waals surface area contributed by atoms with E-state index in [0.717, 1.165) is 16.7 Å². The van der Waals surface area contributed by atoms with Crippen molar-refractivity contribution in [2.45, 2.75) is 26.7 Å². The lowest BCUT2D eigenvalue weighted by atomic mass is 10.0. The summed E-state index contributed by atoms with van der Waals surface area (Å²) in [4.78, 5) is 16.4. The van der Waals surface area contributed by atoms with Crippen LogP contribution in [-0.4, -0.2) is 11.9 Å². The van der Waals surface area contributed by atoms with Crippen molar-refractivity contribution in [3.05, 3.63) is 76.5 Å². The summed E-state index contributed by atoms with van der Waals surface area (Å²) in [6.07, 6.45) is 1.75. The first-order valence-electron chi connectivity index (χ1n) is 7.72. The lowest BCUT2D eigenvalue weighted by Crippen LogP contribution is -2.05. The molecule has 3 heteroatoms. The maximum atomic E-state index is 12.0. The smallest absolute Gasteiger partial charge is 0.363 e. The molecule has 0 saturated carbocycles. The van der Waals surface area contributed by atoms with E-state index >= 15 is 0 Å². The highest BCUT2D eigenvalue weighted by molar-refractivity contribution is 6.12. The first kappa shape index (κ1) is 15.2. The Hall–Kier alpha value is -2.68. The average molecular weight is 305 g/mol. The summed E-state index contributed by atoms with van der Waals surface area (Å²) >= 11 is 0. The molecule has 1 aliphatic heterocycles. The fraction of sp³-hybridized carbons (Fsp3) is 0.200. The van der Waals surface area contributed by atoms with E-state index in [1.165, 1.54) is 5.56 Å². The highest BCUT2D eigenvalue weighted by atomic mass is 16.6. The molecule has 0 bridgehead atoms. The summed E-state index contributed by atoms with van der Waals surface area (Å²) in [5.74, 6) is 0.424. The summed E-state index contributed by atoms with van der Waals surface area (Å²) in [5, 5.41) is 0. The average Bonchev–Trinajstić information content (AvgIpc) is 2.88. The third kappa shape index (κ3) is 3.39. The van der Waals surface area contributed by atoms with Crippen LogP contribution in [0.15, 0.2) is 59.2 Å². The van der Waals surface area contributed by atoms with E-state index in [9.17, 15) is 4.79 Å². The summed E-state index contributed by atoms with van der Waals surface area (Å²) in [7, 11) is 0. The maximum Gasteiger partial charge on any atom is 0.363 e. The Bertz CT molecular complexity index is 799. The predicted molar refractivity (Wildman–Crippen MR) is 92.3 cm³/mol. The fourth-order valence-corrected chi connectivity index (χ4v) is 2.46. The molecule has 0 aromatic heterocycles. The van der Waals surface area contributed by atoms with Crippen molar-refractivity contribution < 1.29 is 9.53 Å². The molecule has 0 fully saturated rings. The normalized spacial score (nSPS) is 15.9. The molecule has 0 radical (unpaired) electrons. The van der Waals surface area contributed by atoms with Crippen LogP contribution in [0.2, 0.25) is 0 Å². The number of nitrogens with zero attached hydrogens (tertiary/aromatic N) is 1. The summed E-state index contributed by atoms with van der Waals surface area (Å²) in [5.41, 5.74) is 4.47. The van der Waals surface area contributed by atoms with Gasteiger partial charge in [0.2, 0.25) is 5.90 Å². The summed E-state index contributed by atoms with van der Waals surface area (Å²) in [6.45, 7) is 6.30. The van der Waals surface area contributed by atoms with Crippen molar-refractivity contribution in [1.82, 2.24) is 0 Å². The van der Waals surface area contributed by atoms with Gasteiger partial charge in [-0.25, -0.2) is 9.79 Å². The van der Waals surface area contributed by atoms with Crippen LogP contribution in [0.4, 0.5) is 0 Å². The van der Waals surface area contributed by atoms with Gasteiger partial charge in [-0.15, -0.1) is 0 Å². The van der Waals surface area contributed by atoms with Crippen molar-refractivity contribution >= 4 is 17.9 Å². The molecule has 0 spiro atoms. The third-order valence-electron chi connectivity index (χ3n) is 3.79. The van der Waals surface area contributed by atoms with Gasteiger partial charge in [0, 0.05) is 5.56 Å². The van der Waals surface area contributed by atoms with Gasteiger partial charge in [-0.3, -0.25) is 0 Å². The van der Waals surface area contributed by atoms with E-state index in [1.807, 2.05) is 55.5 Å². The predicted octanol–water partition coefficient (Wildman–Crippen LogP) is 4.46.